The number of halogens is 1. The maximum Gasteiger partial charge on any atom is 0.410 e. The van der Waals surface area contributed by atoms with Crippen LogP contribution in [0.3, 0.4) is 0 Å². The summed E-state index contributed by atoms with van der Waals surface area (Å²) < 4.78 is 17.0. The Morgan fingerprint density at radius 2 is 1.37 bits per heavy atom. The van der Waals surface area contributed by atoms with Crippen molar-refractivity contribution in [2.24, 2.45) is 0 Å². The number of non-ortho nitro benzene ring substituents is 1. The first kappa shape index (κ1) is 31.6. The van der Waals surface area contributed by atoms with E-state index >= 15 is 0 Å². The average molecular weight is 603 g/mol. The van der Waals surface area contributed by atoms with Gasteiger partial charge in [-0.15, -0.1) is 0 Å². The van der Waals surface area contributed by atoms with Crippen LogP contribution in [0.25, 0.3) is 0 Å². The third kappa shape index (κ3) is 11.0. The Balaban J connectivity index is 0.000000308. The number of carbonyl (C=O) groups excluding carboxylic acids is 2. The molecule has 0 spiro atoms. The fourth-order valence-electron chi connectivity index (χ4n) is 3.74. The molecule has 38 heavy (non-hydrogen) atoms. The van der Waals surface area contributed by atoms with Gasteiger partial charge in [0.2, 0.25) is 0 Å². The van der Waals surface area contributed by atoms with Crippen molar-refractivity contribution in [2.75, 3.05) is 26.2 Å². The van der Waals surface area contributed by atoms with Gasteiger partial charge in [-0.3, -0.25) is 10.1 Å². The Hall–Kier alpha value is -2.60. The van der Waals surface area contributed by atoms with E-state index in [-0.39, 0.29) is 30.1 Å². The Bertz CT molecular complexity index is 960. The summed E-state index contributed by atoms with van der Waals surface area (Å²) in [6.45, 7) is 13.4. The van der Waals surface area contributed by atoms with Crippen LogP contribution in [0, 0.1) is 10.1 Å². The number of nitro benzene ring substituents is 1. The number of hydrogen-bond donors (Lipinski definition) is 1. The summed E-state index contributed by atoms with van der Waals surface area (Å²) >= 11 is 3.30. The summed E-state index contributed by atoms with van der Waals surface area (Å²) in [6.07, 6.45) is 1.79. The largest absolute Gasteiger partial charge is 0.489 e. The molecule has 0 bridgehead atoms. The monoisotopic (exact) mass is 601 g/mol. The zero-order chi connectivity index (χ0) is 28.7. The van der Waals surface area contributed by atoms with E-state index in [1.807, 2.05) is 41.5 Å². The molecule has 11 nitrogen and oxygen atoms in total. The number of ether oxygens (including phenoxy) is 3. The molecule has 0 aromatic heterocycles. The average Bonchev–Trinajstić information content (AvgIpc) is 2.79. The number of aliphatic hydroxyl groups is 1. The van der Waals surface area contributed by atoms with Crippen molar-refractivity contribution in [2.45, 2.75) is 90.6 Å². The Morgan fingerprint density at radius 1 is 0.921 bits per heavy atom. The Morgan fingerprint density at radius 3 is 1.76 bits per heavy atom. The molecule has 1 aromatic carbocycles. The molecule has 2 aliphatic heterocycles. The minimum atomic E-state index is -0.506. The second kappa shape index (κ2) is 13.5. The van der Waals surface area contributed by atoms with Crippen molar-refractivity contribution >= 4 is 33.8 Å². The molecule has 0 aliphatic carbocycles. The van der Waals surface area contributed by atoms with Gasteiger partial charge in [-0.1, -0.05) is 0 Å². The van der Waals surface area contributed by atoms with Gasteiger partial charge in [-0.2, -0.15) is 0 Å². The fourth-order valence-corrected chi connectivity index (χ4v) is 4.20. The number of aliphatic hydroxyl groups excluding tert-OH is 1. The second-order valence-corrected chi connectivity index (χ2v) is 12.2. The maximum absolute atomic E-state index is 12.0. The summed E-state index contributed by atoms with van der Waals surface area (Å²) in [5.74, 6) is 0.566. The van der Waals surface area contributed by atoms with Crippen molar-refractivity contribution in [3.8, 4) is 5.75 Å². The molecule has 2 aliphatic rings. The summed E-state index contributed by atoms with van der Waals surface area (Å²) in [5, 5.41) is 20.0. The van der Waals surface area contributed by atoms with Crippen LogP contribution in [0.15, 0.2) is 22.7 Å². The highest BCUT2D eigenvalue weighted by Gasteiger charge is 2.28. The zero-order valence-corrected chi connectivity index (χ0v) is 24.7. The molecule has 0 atom stereocenters. The number of amides is 2. The standard InChI is InChI=1S/C16H21BrN2O5.C10H19NO3/c1-16(2,3)24-15(20)18-8-6-12(7-9-18)23-14-5-4-11(19(21)22)10-13(14)17;1-10(2,3)14-9(13)11-6-4-8(12)5-7-11/h4-5,10,12H,6-9H2,1-3H3;8,12H,4-7H2,1-3H3. The summed E-state index contributed by atoms with van der Waals surface area (Å²) in [6, 6.07) is 4.42. The van der Waals surface area contributed by atoms with Crippen molar-refractivity contribution in [3.63, 3.8) is 0 Å². The predicted octanol–water partition coefficient (Wildman–Crippen LogP) is 5.51. The molecular formula is C26H40BrN3O8. The maximum atomic E-state index is 12.0. The first-order valence-electron chi connectivity index (χ1n) is 12.8. The molecule has 12 heteroatoms. The van der Waals surface area contributed by atoms with Crippen LogP contribution in [0.2, 0.25) is 0 Å². The highest BCUT2D eigenvalue weighted by molar-refractivity contribution is 9.10. The number of piperidine rings is 2. The van der Waals surface area contributed by atoms with Gasteiger partial charge >= 0.3 is 12.2 Å². The quantitative estimate of drug-likeness (QED) is 0.354. The van der Waals surface area contributed by atoms with Crippen molar-refractivity contribution in [3.05, 3.63) is 32.8 Å². The molecule has 1 N–H and O–H groups in total. The Labute approximate surface area is 232 Å². The van der Waals surface area contributed by atoms with Crippen LogP contribution < -0.4 is 4.74 Å². The van der Waals surface area contributed by atoms with Crippen LogP contribution >= 0.6 is 15.9 Å². The lowest BCUT2D eigenvalue weighted by molar-refractivity contribution is -0.385. The van der Waals surface area contributed by atoms with E-state index in [1.165, 1.54) is 12.1 Å². The number of benzene rings is 1. The number of nitro groups is 1. The molecule has 2 fully saturated rings. The molecule has 2 amide bonds. The summed E-state index contributed by atoms with van der Waals surface area (Å²) in [5.41, 5.74) is -0.935. The molecule has 2 saturated heterocycles. The summed E-state index contributed by atoms with van der Waals surface area (Å²) in [7, 11) is 0. The normalized spacial score (nSPS) is 17.3. The van der Waals surface area contributed by atoms with E-state index in [0.29, 0.717) is 62.1 Å². The third-order valence-electron chi connectivity index (χ3n) is 5.63. The van der Waals surface area contributed by atoms with Crippen LogP contribution in [-0.4, -0.2) is 81.6 Å². The van der Waals surface area contributed by atoms with Gasteiger partial charge in [0.25, 0.3) is 5.69 Å². The number of rotatable bonds is 3. The number of hydrogen-bond acceptors (Lipinski definition) is 8. The van der Waals surface area contributed by atoms with Gasteiger partial charge in [-0.25, -0.2) is 9.59 Å². The number of likely N-dealkylation sites (tertiary alicyclic amines) is 2. The van der Waals surface area contributed by atoms with Gasteiger partial charge in [0.05, 0.1) is 15.5 Å². The van der Waals surface area contributed by atoms with E-state index in [2.05, 4.69) is 15.9 Å². The topological polar surface area (TPSA) is 132 Å². The van der Waals surface area contributed by atoms with E-state index < -0.39 is 16.1 Å². The molecule has 2 heterocycles. The van der Waals surface area contributed by atoms with Crippen LogP contribution in [0.5, 0.6) is 5.75 Å². The van der Waals surface area contributed by atoms with E-state index in [1.54, 1.807) is 15.9 Å². The molecular weight excluding hydrogens is 562 g/mol. The first-order valence-corrected chi connectivity index (χ1v) is 13.6. The predicted molar refractivity (Wildman–Crippen MR) is 145 cm³/mol. The van der Waals surface area contributed by atoms with Gasteiger partial charge in [0, 0.05) is 51.2 Å². The zero-order valence-electron chi connectivity index (χ0n) is 23.1. The molecule has 1 aromatic rings. The molecule has 0 saturated carbocycles. The summed E-state index contributed by atoms with van der Waals surface area (Å²) in [4.78, 5) is 37.2. The number of nitrogens with zero attached hydrogens (tertiary/aromatic N) is 3. The van der Waals surface area contributed by atoms with Gasteiger partial charge in [-0.05, 0) is 76.4 Å². The number of carbonyl (C=O) groups is 2. The van der Waals surface area contributed by atoms with E-state index in [0.717, 1.165) is 0 Å². The van der Waals surface area contributed by atoms with E-state index in [9.17, 15) is 24.8 Å². The lowest BCUT2D eigenvalue weighted by atomic mass is 10.1. The smallest absolute Gasteiger partial charge is 0.410 e. The molecule has 3 rings (SSSR count). The third-order valence-corrected chi connectivity index (χ3v) is 6.25. The highest BCUT2D eigenvalue weighted by Crippen LogP contribution is 2.31. The van der Waals surface area contributed by atoms with Gasteiger partial charge in [0.1, 0.15) is 23.1 Å². The van der Waals surface area contributed by atoms with E-state index in [4.69, 9.17) is 14.2 Å². The highest BCUT2D eigenvalue weighted by atomic mass is 79.9. The molecule has 214 valence electrons. The first-order chi connectivity index (χ1) is 17.5. The molecule has 0 radical (unpaired) electrons. The van der Waals surface area contributed by atoms with Crippen molar-refractivity contribution in [1.82, 2.24) is 9.80 Å². The fraction of sp³-hybridized carbons (Fsp3) is 0.692. The minimum absolute atomic E-state index is 0.00831. The van der Waals surface area contributed by atoms with Crippen molar-refractivity contribution < 1.29 is 33.8 Å². The minimum Gasteiger partial charge on any atom is -0.489 e. The Kier molecular flexibility index (Phi) is 11.2. The van der Waals surface area contributed by atoms with Crippen molar-refractivity contribution in [1.29, 1.82) is 0 Å². The molecule has 0 unspecified atom stereocenters. The van der Waals surface area contributed by atoms with Gasteiger partial charge < -0.3 is 29.1 Å². The van der Waals surface area contributed by atoms with Gasteiger partial charge in [0.15, 0.2) is 0 Å². The second-order valence-electron chi connectivity index (χ2n) is 11.4. The lowest BCUT2D eigenvalue weighted by Gasteiger charge is -2.33. The van der Waals surface area contributed by atoms with Crippen LogP contribution in [0.1, 0.15) is 67.2 Å². The SMILES string of the molecule is CC(C)(C)OC(=O)N1CCC(O)CC1.CC(C)(C)OC(=O)N1CCC(Oc2ccc([N+](=O)[O-])cc2Br)CC1. The lowest BCUT2D eigenvalue weighted by Crippen LogP contribution is -2.44. The van der Waals surface area contributed by atoms with Crippen LogP contribution in [-0.2, 0) is 9.47 Å². The van der Waals surface area contributed by atoms with Crippen LogP contribution in [0.4, 0.5) is 15.3 Å².